The molecule has 0 atom stereocenters. The second-order valence-electron chi connectivity index (χ2n) is 5.24. The number of nitrogens with zero attached hydrogens (tertiary/aromatic N) is 2. The topological polar surface area (TPSA) is 35.6 Å². The van der Waals surface area contributed by atoms with Gasteiger partial charge in [-0.05, 0) is 25.9 Å². The van der Waals surface area contributed by atoms with Gasteiger partial charge >= 0.3 is 6.18 Å². The largest absolute Gasteiger partial charge is 0.401 e. The van der Waals surface area contributed by atoms with Crippen LogP contribution in [0.1, 0.15) is 12.8 Å². The first-order valence-corrected chi connectivity index (χ1v) is 6.74. The van der Waals surface area contributed by atoms with Crippen molar-refractivity contribution in [2.75, 3.05) is 45.8 Å². The lowest BCUT2D eigenvalue weighted by atomic mass is 9.96. The molecule has 8 heteroatoms. The molecule has 2 heterocycles. The minimum absolute atomic E-state index is 0. The van der Waals surface area contributed by atoms with E-state index in [0.29, 0.717) is 26.2 Å². The minimum Gasteiger partial charge on any atom is -0.340 e. The Morgan fingerprint density at radius 1 is 1.10 bits per heavy atom. The summed E-state index contributed by atoms with van der Waals surface area (Å²) < 4.78 is 36.8. The molecule has 2 fully saturated rings. The van der Waals surface area contributed by atoms with Gasteiger partial charge in [-0.3, -0.25) is 9.69 Å². The molecule has 2 aliphatic rings. The van der Waals surface area contributed by atoms with Crippen molar-refractivity contribution in [3.8, 4) is 0 Å². The number of hydrogen-bond donors (Lipinski definition) is 1. The van der Waals surface area contributed by atoms with Gasteiger partial charge in [-0.1, -0.05) is 0 Å². The molecule has 4 nitrogen and oxygen atoms in total. The Morgan fingerprint density at radius 2 is 1.65 bits per heavy atom. The van der Waals surface area contributed by atoms with E-state index in [1.165, 1.54) is 4.90 Å². The molecule has 2 rings (SSSR count). The summed E-state index contributed by atoms with van der Waals surface area (Å²) in [6.45, 7) is 2.29. The summed E-state index contributed by atoms with van der Waals surface area (Å²) in [6, 6.07) is 0. The van der Waals surface area contributed by atoms with E-state index in [2.05, 4.69) is 5.32 Å². The van der Waals surface area contributed by atoms with E-state index >= 15 is 0 Å². The summed E-state index contributed by atoms with van der Waals surface area (Å²) >= 11 is 0. The van der Waals surface area contributed by atoms with Crippen molar-refractivity contribution < 1.29 is 18.0 Å². The third kappa shape index (κ3) is 5.10. The normalized spacial score (nSPS) is 22.4. The van der Waals surface area contributed by atoms with E-state index in [9.17, 15) is 18.0 Å². The fraction of sp³-hybridized carbons (Fsp3) is 0.917. The Balaban J connectivity index is 0.00000200. The number of piperidine rings is 1. The third-order valence-electron chi connectivity index (χ3n) is 3.78. The van der Waals surface area contributed by atoms with Gasteiger partial charge in [0.15, 0.2) is 0 Å². The van der Waals surface area contributed by atoms with Gasteiger partial charge in [0.2, 0.25) is 5.91 Å². The second-order valence-corrected chi connectivity index (χ2v) is 5.24. The summed E-state index contributed by atoms with van der Waals surface area (Å²) in [5.41, 5.74) is 0. The lowest BCUT2D eigenvalue weighted by Gasteiger charge is -2.37. The van der Waals surface area contributed by atoms with Crippen LogP contribution in [0.15, 0.2) is 0 Å². The van der Waals surface area contributed by atoms with Gasteiger partial charge < -0.3 is 10.2 Å². The molecule has 0 bridgehead atoms. The van der Waals surface area contributed by atoms with Crippen molar-refractivity contribution in [2.45, 2.75) is 19.0 Å². The average Bonchev–Trinajstić information content (AvgIpc) is 2.38. The molecule has 0 aliphatic carbocycles. The molecule has 0 aromatic carbocycles. The number of rotatable bonds is 2. The highest BCUT2D eigenvalue weighted by Crippen LogP contribution is 2.19. The van der Waals surface area contributed by atoms with E-state index < -0.39 is 12.7 Å². The molecule has 2 aliphatic heterocycles. The minimum atomic E-state index is -4.15. The summed E-state index contributed by atoms with van der Waals surface area (Å²) in [4.78, 5) is 15.3. The molecular weight excluding hydrogens is 295 g/mol. The Labute approximate surface area is 123 Å². The maximum atomic E-state index is 12.3. The first-order valence-electron chi connectivity index (χ1n) is 6.74. The second kappa shape index (κ2) is 7.47. The lowest BCUT2D eigenvalue weighted by molar-refractivity contribution is -0.153. The lowest BCUT2D eigenvalue weighted by Crippen LogP contribution is -2.52. The number of carbonyl (C=O) groups is 1. The summed E-state index contributed by atoms with van der Waals surface area (Å²) in [5.74, 6) is 0.170. The van der Waals surface area contributed by atoms with Gasteiger partial charge in [-0.25, -0.2) is 0 Å². The SMILES string of the molecule is Cl.O=C(C1CCNCC1)N1CCN(CC(F)(F)F)CC1. The van der Waals surface area contributed by atoms with Crippen LogP contribution in [0, 0.1) is 5.92 Å². The number of alkyl halides is 3. The van der Waals surface area contributed by atoms with Gasteiger partial charge in [0.05, 0.1) is 6.54 Å². The van der Waals surface area contributed by atoms with Crippen molar-refractivity contribution in [1.29, 1.82) is 0 Å². The highest BCUT2D eigenvalue weighted by atomic mass is 35.5. The smallest absolute Gasteiger partial charge is 0.340 e. The zero-order valence-corrected chi connectivity index (χ0v) is 12.1. The Hall–Kier alpha value is -0.530. The molecule has 0 spiro atoms. The van der Waals surface area contributed by atoms with Crippen molar-refractivity contribution in [3.05, 3.63) is 0 Å². The van der Waals surface area contributed by atoms with Crippen molar-refractivity contribution in [1.82, 2.24) is 15.1 Å². The maximum Gasteiger partial charge on any atom is 0.401 e. The van der Waals surface area contributed by atoms with Gasteiger partial charge in [0, 0.05) is 32.1 Å². The monoisotopic (exact) mass is 315 g/mol. The van der Waals surface area contributed by atoms with Gasteiger partial charge in [-0.2, -0.15) is 13.2 Å². The maximum absolute atomic E-state index is 12.3. The standard InChI is InChI=1S/C12H20F3N3O.ClH/c13-12(14,15)9-17-5-7-18(8-6-17)11(19)10-1-3-16-4-2-10;/h10,16H,1-9H2;1H. The summed E-state index contributed by atoms with van der Waals surface area (Å²) in [7, 11) is 0. The molecule has 0 saturated carbocycles. The zero-order valence-electron chi connectivity index (χ0n) is 11.3. The van der Waals surface area contributed by atoms with E-state index in [1.807, 2.05) is 0 Å². The van der Waals surface area contributed by atoms with Crippen LogP contribution in [0.25, 0.3) is 0 Å². The van der Waals surface area contributed by atoms with Crippen LogP contribution < -0.4 is 5.32 Å². The highest BCUT2D eigenvalue weighted by Gasteiger charge is 2.34. The number of halogens is 4. The van der Waals surface area contributed by atoms with Crippen molar-refractivity contribution in [2.24, 2.45) is 5.92 Å². The molecule has 1 amide bonds. The molecule has 0 aromatic rings. The summed E-state index contributed by atoms with van der Waals surface area (Å²) in [5, 5.41) is 3.20. The van der Waals surface area contributed by atoms with Gasteiger partial charge in [-0.15, -0.1) is 12.4 Å². The van der Waals surface area contributed by atoms with E-state index in [0.717, 1.165) is 25.9 Å². The van der Waals surface area contributed by atoms with E-state index in [4.69, 9.17) is 0 Å². The average molecular weight is 316 g/mol. The van der Waals surface area contributed by atoms with Crippen LogP contribution in [0.5, 0.6) is 0 Å². The first kappa shape index (κ1) is 17.5. The van der Waals surface area contributed by atoms with Crippen LogP contribution in [-0.2, 0) is 4.79 Å². The van der Waals surface area contributed by atoms with Crippen LogP contribution in [0.2, 0.25) is 0 Å². The first-order chi connectivity index (χ1) is 8.96. The van der Waals surface area contributed by atoms with E-state index in [1.54, 1.807) is 4.90 Å². The number of carbonyl (C=O) groups excluding carboxylic acids is 1. The molecule has 1 N–H and O–H groups in total. The molecule has 118 valence electrons. The highest BCUT2D eigenvalue weighted by molar-refractivity contribution is 5.85. The number of nitrogens with one attached hydrogen (secondary N) is 1. The van der Waals surface area contributed by atoms with Crippen LogP contribution in [-0.4, -0.2) is 67.7 Å². The van der Waals surface area contributed by atoms with Gasteiger partial charge in [0.25, 0.3) is 0 Å². The fourth-order valence-corrected chi connectivity index (χ4v) is 2.71. The Bertz CT molecular complexity index is 314. The number of amides is 1. The van der Waals surface area contributed by atoms with Crippen LogP contribution >= 0.6 is 12.4 Å². The molecule has 0 unspecified atom stereocenters. The number of piperazine rings is 1. The van der Waals surface area contributed by atoms with Crippen LogP contribution in [0.4, 0.5) is 13.2 Å². The zero-order chi connectivity index (χ0) is 13.9. The van der Waals surface area contributed by atoms with E-state index in [-0.39, 0.29) is 24.2 Å². The Morgan fingerprint density at radius 3 is 2.15 bits per heavy atom. The van der Waals surface area contributed by atoms with Crippen LogP contribution in [0.3, 0.4) is 0 Å². The molecule has 0 aromatic heterocycles. The van der Waals surface area contributed by atoms with Crippen molar-refractivity contribution in [3.63, 3.8) is 0 Å². The predicted molar refractivity (Wildman–Crippen MR) is 71.9 cm³/mol. The van der Waals surface area contributed by atoms with Crippen molar-refractivity contribution >= 4 is 18.3 Å². The summed E-state index contributed by atoms with van der Waals surface area (Å²) in [6.07, 6.45) is -2.48. The molecule has 0 radical (unpaired) electrons. The fourth-order valence-electron chi connectivity index (χ4n) is 2.71. The van der Waals surface area contributed by atoms with Gasteiger partial charge in [0.1, 0.15) is 0 Å². The molecule has 2 saturated heterocycles. The molecule has 20 heavy (non-hydrogen) atoms. The predicted octanol–water partition coefficient (Wildman–Crippen LogP) is 1.11. The molecular formula is C12H21ClF3N3O. The number of hydrogen-bond acceptors (Lipinski definition) is 3. The quantitative estimate of drug-likeness (QED) is 0.829. The Kier molecular flexibility index (Phi) is 6.54. The third-order valence-corrected chi connectivity index (χ3v) is 3.78.